The Bertz CT molecular complexity index is 218. The third-order valence-electron chi connectivity index (χ3n) is 2.31. The molecule has 0 aromatic carbocycles. The lowest BCUT2D eigenvalue weighted by Gasteiger charge is -2.41. The molecule has 0 amide bonds. The molecule has 1 rings (SSSR count). The van der Waals surface area contributed by atoms with Gasteiger partial charge in [-0.15, -0.1) is 0 Å². The SMILES string of the molecule is CC(C)OC1OC(C(O)O)C(O)C(O)C1O. The van der Waals surface area contributed by atoms with Crippen LogP contribution in [0.15, 0.2) is 0 Å². The van der Waals surface area contributed by atoms with Crippen LogP contribution in [-0.4, -0.2) is 68.6 Å². The van der Waals surface area contributed by atoms with Gasteiger partial charge in [-0.3, -0.25) is 0 Å². The fourth-order valence-electron chi connectivity index (χ4n) is 1.50. The second-order valence-corrected chi connectivity index (χ2v) is 4.04. The van der Waals surface area contributed by atoms with Gasteiger partial charge in [0.2, 0.25) is 0 Å². The summed E-state index contributed by atoms with van der Waals surface area (Å²) in [5.74, 6) is 0. The largest absolute Gasteiger partial charge is 0.387 e. The van der Waals surface area contributed by atoms with Gasteiger partial charge in [0.15, 0.2) is 12.6 Å². The van der Waals surface area contributed by atoms with E-state index in [1.165, 1.54) is 0 Å². The molecule has 1 aliphatic rings. The molecule has 0 aromatic rings. The van der Waals surface area contributed by atoms with Crippen LogP contribution in [0.4, 0.5) is 0 Å². The standard InChI is InChI=1S/C9H18O7/c1-3(2)15-9-6(12)4(10)5(11)7(16-9)8(13)14/h3-14H,1-2H3. The maximum Gasteiger partial charge on any atom is 0.187 e. The lowest BCUT2D eigenvalue weighted by molar-refractivity contribution is -0.334. The molecule has 1 aliphatic heterocycles. The van der Waals surface area contributed by atoms with Crippen molar-refractivity contribution in [1.82, 2.24) is 0 Å². The Labute approximate surface area is 92.9 Å². The quantitative estimate of drug-likeness (QED) is 0.346. The van der Waals surface area contributed by atoms with Crippen molar-refractivity contribution in [3.05, 3.63) is 0 Å². The zero-order valence-corrected chi connectivity index (χ0v) is 9.09. The van der Waals surface area contributed by atoms with E-state index in [0.717, 1.165) is 0 Å². The van der Waals surface area contributed by atoms with E-state index in [9.17, 15) is 15.3 Å². The minimum atomic E-state index is -1.96. The monoisotopic (exact) mass is 238 g/mol. The lowest BCUT2D eigenvalue weighted by Crippen LogP contribution is -2.61. The molecule has 0 bridgehead atoms. The third kappa shape index (κ3) is 2.89. The van der Waals surface area contributed by atoms with Crippen molar-refractivity contribution in [2.75, 3.05) is 0 Å². The molecule has 0 radical (unpaired) electrons. The van der Waals surface area contributed by atoms with Crippen molar-refractivity contribution < 1.29 is 35.0 Å². The smallest absolute Gasteiger partial charge is 0.187 e. The second-order valence-electron chi connectivity index (χ2n) is 4.04. The van der Waals surface area contributed by atoms with E-state index < -0.39 is 37.0 Å². The molecule has 1 saturated heterocycles. The fourth-order valence-corrected chi connectivity index (χ4v) is 1.50. The van der Waals surface area contributed by atoms with E-state index in [0.29, 0.717) is 0 Å². The van der Waals surface area contributed by atoms with Crippen LogP contribution in [-0.2, 0) is 9.47 Å². The lowest BCUT2D eigenvalue weighted by atomic mass is 9.98. The summed E-state index contributed by atoms with van der Waals surface area (Å²) in [5.41, 5.74) is 0. The molecule has 96 valence electrons. The van der Waals surface area contributed by atoms with Gasteiger partial charge in [-0.1, -0.05) is 0 Å². The molecule has 16 heavy (non-hydrogen) atoms. The highest BCUT2D eigenvalue weighted by Gasteiger charge is 2.46. The zero-order chi connectivity index (χ0) is 12.5. The Morgan fingerprint density at radius 1 is 1.00 bits per heavy atom. The summed E-state index contributed by atoms with van der Waals surface area (Å²) in [6.07, 6.45) is -9.43. The fraction of sp³-hybridized carbons (Fsp3) is 1.00. The van der Waals surface area contributed by atoms with Crippen LogP contribution in [0.25, 0.3) is 0 Å². The predicted molar refractivity (Wildman–Crippen MR) is 51.1 cm³/mol. The van der Waals surface area contributed by atoms with Gasteiger partial charge in [0.1, 0.15) is 24.4 Å². The third-order valence-corrected chi connectivity index (χ3v) is 2.31. The Morgan fingerprint density at radius 3 is 2.00 bits per heavy atom. The van der Waals surface area contributed by atoms with Crippen molar-refractivity contribution in [1.29, 1.82) is 0 Å². The Balaban J connectivity index is 2.73. The summed E-state index contributed by atoms with van der Waals surface area (Å²) >= 11 is 0. The molecular weight excluding hydrogens is 220 g/mol. The van der Waals surface area contributed by atoms with Crippen molar-refractivity contribution in [2.24, 2.45) is 0 Å². The molecular formula is C9H18O7. The topological polar surface area (TPSA) is 120 Å². The first-order chi connectivity index (χ1) is 7.34. The van der Waals surface area contributed by atoms with Crippen LogP contribution in [0.1, 0.15) is 13.8 Å². The summed E-state index contributed by atoms with van der Waals surface area (Å²) in [6.45, 7) is 3.38. The number of aliphatic hydroxyl groups is 5. The Morgan fingerprint density at radius 2 is 1.56 bits per heavy atom. The van der Waals surface area contributed by atoms with E-state index in [4.69, 9.17) is 19.7 Å². The molecule has 0 spiro atoms. The molecule has 5 unspecified atom stereocenters. The number of aliphatic hydroxyl groups excluding tert-OH is 4. The van der Waals surface area contributed by atoms with Crippen LogP contribution in [0.2, 0.25) is 0 Å². The van der Waals surface area contributed by atoms with Crippen molar-refractivity contribution in [3.8, 4) is 0 Å². The summed E-state index contributed by atoms with van der Waals surface area (Å²) in [5, 5.41) is 46.3. The molecule has 0 saturated carbocycles. The van der Waals surface area contributed by atoms with Gasteiger partial charge in [-0.25, -0.2) is 0 Å². The van der Waals surface area contributed by atoms with Crippen LogP contribution < -0.4 is 0 Å². The second kappa shape index (κ2) is 5.37. The average Bonchev–Trinajstić information content (AvgIpc) is 2.18. The zero-order valence-electron chi connectivity index (χ0n) is 9.09. The first kappa shape index (κ1) is 13.8. The molecule has 7 nitrogen and oxygen atoms in total. The van der Waals surface area contributed by atoms with E-state index in [-0.39, 0.29) is 6.10 Å². The normalized spacial score (nSPS) is 40.7. The van der Waals surface area contributed by atoms with E-state index in [1.54, 1.807) is 13.8 Å². The summed E-state index contributed by atoms with van der Waals surface area (Å²) in [4.78, 5) is 0. The minimum Gasteiger partial charge on any atom is -0.387 e. The molecule has 5 N–H and O–H groups in total. The number of hydrogen-bond acceptors (Lipinski definition) is 7. The van der Waals surface area contributed by atoms with Gasteiger partial charge in [0, 0.05) is 0 Å². The Kier molecular flexibility index (Phi) is 4.62. The number of ether oxygens (including phenoxy) is 2. The maximum atomic E-state index is 9.53. The first-order valence-corrected chi connectivity index (χ1v) is 5.06. The Hall–Kier alpha value is -0.280. The van der Waals surface area contributed by atoms with E-state index >= 15 is 0 Å². The van der Waals surface area contributed by atoms with Gasteiger partial charge < -0.3 is 35.0 Å². The van der Waals surface area contributed by atoms with Crippen LogP contribution in [0, 0.1) is 0 Å². The molecule has 1 fully saturated rings. The summed E-state index contributed by atoms with van der Waals surface area (Å²) in [6, 6.07) is 0. The van der Waals surface area contributed by atoms with E-state index in [2.05, 4.69) is 0 Å². The minimum absolute atomic E-state index is 0.279. The maximum absolute atomic E-state index is 9.53. The first-order valence-electron chi connectivity index (χ1n) is 5.06. The summed E-state index contributed by atoms with van der Waals surface area (Å²) < 4.78 is 10.1. The van der Waals surface area contributed by atoms with Crippen LogP contribution in [0.5, 0.6) is 0 Å². The highest BCUT2D eigenvalue weighted by atomic mass is 16.7. The highest BCUT2D eigenvalue weighted by Crippen LogP contribution is 2.24. The highest BCUT2D eigenvalue weighted by molar-refractivity contribution is 4.90. The van der Waals surface area contributed by atoms with Crippen molar-refractivity contribution >= 4 is 0 Å². The number of hydrogen-bond donors (Lipinski definition) is 5. The number of rotatable bonds is 3. The van der Waals surface area contributed by atoms with Crippen molar-refractivity contribution in [3.63, 3.8) is 0 Å². The molecule has 5 atom stereocenters. The predicted octanol–water partition coefficient (Wildman–Crippen LogP) is -2.47. The van der Waals surface area contributed by atoms with Gasteiger partial charge in [0.25, 0.3) is 0 Å². The van der Waals surface area contributed by atoms with Crippen LogP contribution in [0.3, 0.4) is 0 Å². The van der Waals surface area contributed by atoms with Crippen molar-refractivity contribution in [2.45, 2.75) is 56.9 Å². The average molecular weight is 238 g/mol. The molecule has 0 aromatic heterocycles. The molecule has 1 heterocycles. The van der Waals surface area contributed by atoms with Crippen LogP contribution >= 0.6 is 0 Å². The molecule has 7 heteroatoms. The molecule has 0 aliphatic carbocycles. The van der Waals surface area contributed by atoms with Gasteiger partial charge >= 0.3 is 0 Å². The van der Waals surface area contributed by atoms with Gasteiger partial charge in [0.05, 0.1) is 6.10 Å². The summed E-state index contributed by atoms with van der Waals surface area (Å²) in [7, 11) is 0. The van der Waals surface area contributed by atoms with E-state index in [1.807, 2.05) is 0 Å². The van der Waals surface area contributed by atoms with Gasteiger partial charge in [-0.2, -0.15) is 0 Å². The van der Waals surface area contributed by atoms with Gasteiger partial charge in [-0.05, 0) is 13.8 Å².